The number of hydrogen-bond donors (Lipinski definition) is 6. The number of amides is 1. The lowest BCUT2D eigenvalue weighted by molar-refractivity contribution is 0.0999. The van der Waals surface area contributed by atoms with Crippen LogP contribution in [0, 0.1) is 0 Å². The second-order valence-corrected chi connectivity index (χ2v) is 4.78. The molecule has 0 heterocycles. The molecule has 0 bridgehead atoms. The summed E-state index contributed by atoms with van der Waals surface area (Å²) in [7, 11) is 0. The van der Waals surface area contributed by atoms with Crippen molar-refractivity contribution in [1.29, 1.82) is 0 Å². The van der Waals surface area contributed by atoms with Gasteiger partial charge in [-0.1, -0.05) is 15.9 Å². The van der Waals surface area contributed by atoms with Gasteiger partial charge in [-0.3, -0.25) is 4.79 Å². The van der Waals surface area contributed by atoms with E-state index in [0.717, 1.165) is 16.6 Å². The number of aromatic hydroxyl groups is 5. The largest absolute Gasteiger partial charge is 0.504 e. The van der Waals surface area contributed by atoms with E-state index in [9.17, 15) is 4.79 Å². The van der Waals surface area contributed by atoms with E-state index in [1.165, 1.54) is 12.1 Å². The van der Waals surface area contributed by atoms with Crippen molar-refractivity contribution in [2.24, 2.45) is 5.73 Å². The second-order valence-electron chi connectivity index (χ2n) is 3.86. The molecule has 0 saturated carbocycles. The Balaban J connectivity index is 0.000000397. The van der Waals surface area contributed by atoms with E-state index in [4.69, 9.17) is 31.3 Å². The van der Waals surface area contributed by atoms with Gasteiger partial charge in [-0.05, 0) is 30.3 Å². The Morgan fingerprint density at radius 3 is 1.73 bits per heavy atom. The molecular weight excluding hydrogens is 362 g/mol. The quantitative estimate of drug-likeness (QED) is 0.404. The third kappa shape index (κ3) is 5.04. The van der Waals surface area contributed by atoms with Crippen molar-refractivity contribution >= 4 is 21.8 Å². The Kier molecular flexibility index (Phi) is 7.00. The van der Waals surface area contributed by atoms with Crippen molar-refractivity contribution < 1.29 is 35.8 Å². The molecule has 0 fully saturated rings. The van der Waals surface area contributed by atoms with Crippen LogP contribution < -0.4 is 5.73 Å². The fourth-order valence-electron chi connectivity index (χ4n) is 1.24. The molecule has 8 nitrogen and oxygen atoms in total. The molecule has 0 aliphatic heterocycles. The number of carbonyl (C=O) groups is 1. The molecule has 0 saturated heterocycles. The normalized spacial score (nSPS) is 9.14. The predicted molar refractivity (Wildman–Crippen MR) is 81.0 cm³/mol. The average Bonchev–Trinajstić information content (AvgIpc) is 2.40. The zero-order chi connectivity index (χ0) is 16.2. The summed E-state index contributed by atoms with van der Waals surface area (Å²) in [4.78, 5) is 10.5. The summed E-state index contributed by atoms with van der Waals surface area (Å²) in [6, 6.07) is 6.43. The summed E-state index contributed by atoms with van der Waals surface area (Å²) in [5, 5.41) is 44.3. The SMILES string of the molecule is NC(=O)c1cc(O)c(O)c(O)c1.O.Oc1ccc(Br)cc1O. The number of benzene rings is 2. The van der Waals surface area contributed by atoms with E-state index in [1.807, 2.05) is 0 Å². The minimum Gasteiger partial charge on any atom is -0.504 e. The molecule has 2 aromatic carbocycles. The third-order valence-electron chi connectivity index (χ3n) is 2.29. The first-order valence-corrected chi connectivity index (χ1v) is 6.24. The van der Waals surface area contributed by atoms with Gasteiger partial charge < -0.3 is 36.7 Å². The van der Waals surface area contributed by atoms with Crippen LogP contribution in [0.25, 0.3) is 0 Å². The van der Waals surface area contributed by atoms with Gasteiger partial charge in [0.05, 0.1) is 0 Å². The van der Waals surface area contributed by atoms with E-state index in [1.54, 1.807) is 6.07 Å². The number of phenolic OH excluding ortho intramolecular Hbond substituents is 5. The topological polar surface area (TPSA) is 176 Å². The van der Waals surface area contributed by atoms with Crippen molar-refractivity contribution in [2.75, 3.05) is 0 Å². The molecule has 0 atom stereocenters. The summed E-state index contributed by atoms with van der Waals surface area (Å²) in [6.07, 6.45) is 0. The van der Waals surface area contributed by atoms with Crippen LogP contribution in [0.5, 0.6) is 28.7 Å². The van der Waals surface area contributed by atoms with E-state index in [2.05, 4.69) is 15.9 Å². The van der Waals surface area contributed by atoms with Crippen molar-refractivity contribution in [2.45, 2.75) is 0 Å². The van der Waals surface area contributed by atoms with Crippen LogP contribution in [0.1, 0.15) is 10.4 Å². The number of carbonyl (C=O) groups excluding carboxylic acids is 1. The molecule has 0 aliphatic rings. The number of hydrogen-bond acceptors (Lipinski definition) is 6. The van der Waals surface area contributed by atoms with Gasteiger partial charge in [0, 0.05) is 10.0 Å². The number of nitrogens with two attached hydrogens (primary N) is 1. The second kappa shape index (κ2) is 7.96. The molecular formula is C13H14BrNO7. The van der Waals surface area contributed by atoms with Crippen molar-refractivity contribution in [3.63, 3.8) is 0 Å². The van der Waals surface area contributed by atoms with E-state index >= 15 is 0 Å². The lowest BCUT2D eigenvalue weighted by Crippen LogP contribution is -2.10. The third-order valence-corrected chi connectivity index (χ3v) is 2.78. The number of phenols is 5. The fraction of sp³-hybridized carbons (Fsp3) is 0. The lowest BCUT2D eigenvalue weighted by Gasteiger charge is -2.01. The molecule has 22 heavy (non-hydrogen) atoms. The fourth-order valence-corrected chi connectivity index (χ4v) is 1.59. The molecule has 0 radical (unpaired) electrons. The van der Waals surface area contributed by atoms with Crippen molar-refractivity contribution in [1.82, 2.24) is 0 Å². The monoisotopic (exact) mass is 375 g/mol. The highest BCUT2D eigenvalue weighted by atomic mass is 79.9. The van der Waals surface area contributed by atoms with Crippen LogP contribution in [-0.2, 0) is 0 Å². The van der Waals surface area contributed by atoms with Gasteiger partial charge in [0.2, 0.25) is 5.91 Å². The van der Waals surface area contributed by atoms with Crippen LogP contribution in [0.2, 0.25) is 0 Å². The molecule has 1 amide bonds. The first-order chi connectivity index (χ1) is 9.72. The maximum Gasteiger partial charge on any atom is 0.248 e. The highest BCUT2D eigenvalue weighted by Gasteiger charge is 2.10. The first kappa shape index (κ1) is 19.4. The van der Waals surface area contributed by atoms with Gasteiger partial charge in [0.15, 0.2) is 28.7 Å². The molecule has 0 aromatic heterocycles. The average molecular weight is 376 g/mol. The molecule has 0 spiro atoms. The Bertz CT molecular complexity index is 652. The molecule has 0 aliphatic carbocycles. The van der Waals surface area contributed by atoms with Crippen LogP contribution in [0.4, 0.5) is 0 Å². The molecule has 120 valence electrons. The van der Waals surface area contributed by atoms with Gasteiger partial charge in [-0.15, -0.1) is 0 Å². The Morgan fingerprint density at radius 1 is 0.864 bits per heavy atom. The van der Waals surface area contributed by atoms with Gasteiger partial charge in [0.1, 0.15) is 0 Å². The number of halogens is 1. The van der Waals surface area contributed by atoms with E-state index in [0.29, 0.717) is 0 Å². The highest BCUT2D eigenvalue weighted by Crippen LogP contribution is 2.35. The van der Waals surface area contributed by atoms with E-state index < -0.39 is 23.2 Å². The highest BCUT2D eigenvalue weighted by molar-refractivity contribution is 9.10. The minimum absolute atomic E-state index is 0. The Hall–Kier alpha value is -2.65. The molecule has 9 heteroatoms. The Labute approximate surface area is 133 Å². The van der Waals surface area contributed by atoms with Gasteiger partial charge in [0.25, 0.3) is 0 Å². The minimum atomic E-state index is -0.791. The van der Waals surface area contributed by atoms with Crippen LogP contribution in [-0.4, -0.2) is 36.9 Å². The summed E-state index contributed by atoms with van der Waals surface area (Å²) < 4.78 is 0.748. The van der Waals surface area contributed by atoms with Crippen LogP contribution in [0.15, 0.2) is 34.8 Å². The van der Waals surface area contributed by atoms with Gasteiger partial charge in [-0.2, -0.15) is 0 Å². The van der Waals surface area contributed by atoms with Gasteiger partial charge in [-0.25, -0.2) is 0 Å². The standard InChI is InChI=1S/C7H7NO4.C6H5BrO2.H2O/c8-7(12)3-1-4(9)6(11)5(10)2-3;7-4-1-2-5(8)6(9)3-4;/h1-2,9-11H,(H2,8,12);1-3,8-9H;1H2. The van der Waals surface area contributed by atoms with Crippen molar-refractivity contribution in [3.05, 3.63) is 40.4 Å². The van der Waals surface area contributed by atoms with Crippen LogP contribution >= 0.6 is 15.9 Å². The molecule has 0 unspecified atom stereocenters. The number of rotatable bonds is 1. The predicted octanol–water partition coefficient (Wildman–Crippen LogP) is 0.938. The Morgan fingerprint density at radius 2 is 1.36 bits per heavy atom. The zero-order valence-electron chi connectivity index (χ0n) is 11.0. The van der Waals surface area contributed by atoms with Crippen LogP contribution in [0.3, 0.4) is 0 Å². The molecule has 2 aromatic rings. The molecule has 9 N–H and O–H groups in total. The summed E-state index contributed by atoms with van der Waals surface area (Å²) >= 11 is 3.13. The maximum absolute atomic E-state index is 10.5. The van der Waals surface area contributed by atoms with E-state index in [-0.39, 0.29) is 22.5 Å². The van der Waals surface area contributed by atoms with Crippen molar-refractivity contribution in [3.8, 4) is 28.7 Å². The smallest absolute Gasteiger partial charge is 0.248 e. The lowest BCUT2D eigenvalue weighted by atomic mass is 10.2. The summed E-state index contributed by atoms with van der Waals surface area (Å²) in [6.45, 7) is 0. The maximum atomic E-state index is 10.5. The molecule has 2 rings (SSSR count). The first-order valence-electron chi connectivity index (χ1n) is 5.44. The number of primary amides is 1. The summed E-state index contributed by atoms with van der Waals surface area (Å²) in [5.41, 5.74) is 4.79. The van der Waals surface area contributed by atoms with Gasteiger partial charge >= 0.3 is 0 Å². The zero-order valence-corrected chi connectivity index (χ0v) is 12.6. The summed E-state index contributed by atoms with van der Waals surface area (Å²) in [5.74, 6) is -2.82.